The highest BCUT2D eigenvalue weighted by Gasteiger charge is 2.06. The fourth-order valence-electron chi connectivity index (χ4n) is 1.48. The lowest BCUT2D eigenvalue weighted by molar-refractivity contribution is -0.117. The molecular formula is C11H9FN2O2. The zero-order chi connectivity index (χ0) is 11.7. The van der Waals surface area contributed by atoms with Gasteiger partial charge in [0, 0.05) is 0 Å². The highest BCUT2D eigenvalue weighted by molar-refractivity contribution is 5.78. The van der Waals surface area contributed by atoms with Gasteiger partial charge in [-0.25, -0.2) is 9.37 Å². The molecule has 1 aromatic heterocycles. The minimum absolute atomic E-state index is 0.0434. The van der Waals surface area contributed by atoms with Gasteiger partial charge in [0.05, 0.1) is 23.8 Å². The number of hydrogen-bond acceptors (Lipinski definition) is 3. The van der Waals surface area contributed by atoms with Crippen LogP contribution in [0.3, 0.4) is 0 Å². The summed E-state index contributed by atoms with van der Waals surface area (Å²) < 4.78 is 14.1. The van der Waals surface area contributed by atoms with Crippen LogP contribution in [0.4, 0.5) is 4.39 Å². The molecule has 0 atom stereocenters. The number of Topliss-reactive ketones (excluding diaryl/α,β-unsaturated/α-hetero) is 1. The molecule has 0 N–H and O–H groups in total. The number of fused-ring (bicyclic) bond motifs is 1. The highest BCUT2D eigenvalue weighted by Crippen LogP contribution is 2.08. The normalized spacial score (nSPS) is 10.6. The van der Waals surface area contributed by atoms with E-state index in [1.807, 2.05) is 0 Å². The van der Waals surface area contributed by atoms with Crippen LogP contribution in [0.25, 0.3) is 10.9 Å². The molecular weight excluding hydrogens is 211 g/mol. The van der Waals surface area contributed by atoms with Crippen LogP contribution in [0.15, 0.2) is 29.3 Å². The van der Waals surface area contributed by atoms with Crippen LogP contribution in [-0.4, -0.2) is 15.3 Å². The maximum atomic E-state index is 13.0. The molecule has 0 bridgehead atoms. The Labute approximate surface area is 90.3 Å². The van der Waals surface area contributed by atoms with Gasteiger partial charge in [-0.3, -0.25) is 14.2 Å². The standard InChI is InChI=1S/C11H9FN2O2/c1-7(15)5-14-6-13-10-3-2-8(12)4-9(10)11(14)16/h2-4,6H,5H2,1H3. The quantitative estimate of drug-likeness (QED) is 0.762. The minimum atomic E-state index is -0.494. The summed E-state index contributed by atoms with van der Waals surface area (Å²) in [4.78, 5) is 26.7. The number of nitrogens with zero attached hydrogens (tertiary/aromatic N) is 2. The van der Waals surface area contributed by atoms with Crippen molar-refractivity contribution in [2.45, 2.75) is 13.5 Å². The van der Waals surface area contributed by atoms with Crippen LogP contribution in [0.5, 0.6) is 0 Å². The molecule has 0 aliphatic rings. The lowest BCUT2D eigenvalue weighted by Crippen LogP contribution is -2.23. The fraction of sp³-hybridized carbons (Fsp3) is 0.182. The van der Waals surface area contributed by atoms with Gasteiger partial charge in [0.2, 0.25) is 0 Å². The third-order valence-corrected chi connectivity index (χ3v) is 2.18. The molecule has 16 heavy (non-hydrogen) atoms. The van der Waals surface area contributed by atoms with Crippen LogP contribution in [-0.2, 0) is 11.3 Å². The zero-order valence-corrected chi connectivity index (χ0v) is 8.61. The van der Waals surface area contributed by atoms with Crippen molar-refractivity contribution in [3.63, 3.8) is 0 Å². The topological polar surface area (TPSA) is 52.0 Å². The molecule has 2 rings (SSSR count). The van der Waals surface area contributed by atoms with E-state index in [4.69, 9.17) is 0 Å². The Kier molecular flexibility index (Phi) is 2.52. The molecule has 0 aliphatic carbocycles. The monoisotopic (exact) mass is 220 g/mol. The lowest BCUT2D eigenvalue weighted by Gasteiger charge is -2.03. The Bertz CT molecular complexity index is 619. The van der Waals surface area contributed by atoms with Gasteiger partial charge in [-0.1, -0.05) is 0 Å². The smallest absolute Gasteiger partial charge is 0.261 e. The van der Waals surface area contributed by atoms with E-state index in [1.165, 1.54) is 30.0 Å². The number of ketones is 1. The summed E-state index contributed by atoms with van der Waals surface area (Å²) in [6.07, 6.45) is 1.30. The first-order valence-electron chi connectivity index (χ1n) is 4.72. The summed E-state index contributed by atoms with van der Waals surface area (Å²) >= 11 is 0. The van der Waals surface area contributed by atoms with E-state index in [2.05, 4.69) is 4.98 Å². The third kappa shape index (κ3) is 1.84. The van der Waals surface area contributed by atoms with E-state index in [9.17, 15) is 14.0 Å². The Morgan fingerprint density at radius 1 is 1.50 bits per heavy atom. The second kappa shape index (κ2) is 3.84. The predicted octanol–water partition coefficient (Wildman–Crippen LogP) is 1.12. The maximum absolute atomic E-state index is 13.0. The van der Waals surface area contributed by atoms with Crippen molar-refractivity contribution in [2.24, 2.45) is 0 Å². The van der Waals surface area contributed by atoms with Crippen LogP contribution in [0, 0.1) is 5.82 Å². The van der Waals surface area contributed by atoms with Gasteiger partial charge in [-0.15, -0.1) is 0 Å². The van der Waals surface area contributed by atoms with Gasteiger partial charge in [0.25, 0.3) is 5.56 Å². The van der Waals surface area contributed by atoms with E-state index >= 15 is 0 Å². The molecule has 2 aromatic rings. The molecule has 1 heterocycles. The lowest BCUT2D eigenvalue weighted by atomic mass is 10.2. The van der Waals surface area contributed by atoms with Crippen LogP contribution >= 0.6 is 0 Å². The van der Waals surface area contributed by atoms with Crippen molar-refractivity contribution in [3.05, 3.63) is 40.7 Å². The van der Waals surface area contributed by atoms with Crippen molar-refractivity contribution >= 4 is 16.7 Å². The van der Waals surface area contributed by atoms with Crippen LogP contribution < -0.4 is 5.56 Å². The Morgan fingerprint density at radius 3 is 2.94 bits per heavy atom. The van der Waals surface area contributed by atoms with Gasteiger partial charge in [-0.2, -0.15) is 0 Å². The summed E-state index contributed by atoms with van der Waals surface area (Å²) in [6.45, 7) is 1.33. The van der Waals surface area contributed by atoms with E-state index < -0.39 is 11.4 Å². The first kappa shape index (κ1) is 10.5. The van der Waals surface area contributed by atoms with Crippen molar-refractivity contribution in [2.75, 3.05) is 0 Å². The highest BCUT2D eigenvalue weighted by atomic mass is 19.1. The Morgan fingerprint density at radius 2 is 2.25 bits per heavy atom. The Balaban J connectivity index is 2.68. The molecule has 0 aliphatic heterocycles. The number of carbonyl (C=O) groups is 1. The summed E-state index contributed by atoms with van der Waals surface area (Å²) in [5.74, 6) is -0.647. The number of hydrogen-bond donors (Lipinski definition) is 0. The molecule has 0 unspecified atom stereocenters. The van der Waals surface area contributed by atoms with Crippen molar-refractivity contribution in [3.8, 4) is 0 Å². The molecule has 1 aromatic carbocycles. The predicted molar refractivity (Wildman–Crippen MR) is 56.6 cm³/mol. The third-order valence-electron chi connectivity index (χ3n) is 2.18. The maximum Gasteiger partial charge on any atom is 0.261 e. The summed E-state index contributed by atoms with van der Waals surface area (Å²) in [5.41, 5.74) is 0.0194. The molecule has 0 spiro atoms. The molecule has 82 valence electrons. The number of carbonyl (C=O) groups excluding carboxylic acids is 1. The van der Waals surface area contributed by atoms with E-state index in [-0.39, 0.29) is 17.7 Å². The van der Waals surface area contributed by atoms with Crippen LogP contribution in [0.2, 0.25) is 0 Å². The Hall–Kier alpha value is -2.04. The van der Waals surface area contributed by atoms with Crippen LogP contribution in [0.1, 0.15) is 6.92 Å². The summed E-state index contributed by atoms with van der Waals surface area (Å²) in [6, 6.07) is 3.80. The van der Waals surface area contributed by atoms with E-state index in [0.717, 1.165) is 6.07 Å². The van der Waals surface area contributed by atoms with Gasteiger partial charge in [0.1, 0.15) is 11.6 Å². The summed E-state index contributed by atoms with van der Waals surface area (Å²) in [7, 11) is 0. The van der Waals surface area contributed by atoms with Gasteiger partial charge < -0.3 is 0 Å². The molecule has 0 amide bonds. The minimum Gasteiger partial charge on any atom is -0.298 e. The zero-order valence-electron chi connectivity index (χ0n) is 8.61. The van der Waals surface area contributed by atoms with Crippen molar-refractivity contribution < 1.29 is 9.18 Å². The first-order chi connectivity index (χ1) is 7.58. The molecule has 0 radical (unpaired) electrons. The van der Waals surface area contributed by atoms with E-state index in [1.54, 1.807) is 0 Å². The number of benzene rings is 1. The van der Waals surface area contributed by atoms with Crippen molar-refractivity contribution in [1.82, 2.24) is 9.55 Å². The van der Waals surface area contributed by atoms with Gasteiger partial charge >= 0.3 is 0 Å². The van der Waals surface area contributed by atoms with E-state index in [0.29, 0.717) is 5.52 Å². The average molecular weight is 220 g/mol. The second-order valence-electron chi connectivity index (χ2n) is 3.54. The summed E-state index contributed by atoms with van der Waals surface area (Å²) in [5, 5.41) is 0.184. The SMILES string of the molecule is CC(=O)Cn1cnc2ccc(F)cc2c1=O. The number of rotatable bonds is 2. The average Bonchev–Trinajstić information content (AvgIpc) is 2.22. The molecule has 5 heteroatoms. The first-order valence-corrected chi connectivity index (χ1v) is 4.72. The number of aromatic nitrogens is 2. The molecule has 0 saturated heterocycles. The van der Waals surface area contributed by atoms with Crippen molar-refractivity contribution in [1.29, 1.82) is 0 Å². The largest absolute Gasteiger partial charge is 0.298 e. The second-order valence-corrected chi connectivity index (χ2v) is 3.54. The van der Waals surface area contributed by atoms with Gasteiger partial charge in [0.15, 0.2) is 0 Å². The molecule has 0 fully saturated rings. The van der Waals surface area contributed by atoms with Gasteiger partial charge in [-0.05, 0) is 25.1 Å². The number of halogens is 1. The fourth-order valence-corrected chi connectivity index (χ4v) is 1.48. The molecule has 4 nitrogen and oxygen atoms in total. The molecule has 0 saturated carbocycles.